The van der Waals surface area contributed by atoms with Gasteiger partial charge >= 0.3 is 0 Å². The zero-order valence-corrected chi connectivity index (χ0v) is 11.7. The molecule has 0 N–H and O–H groups in total. The Morgan fingerprint density at radius 2 is 1.74 bits per heavy atom. The Morgan fingerprint density at radius 1 is 1.00 bits per heavy atom. The normalized spacial score (nSPS) is 10.1. The molecule has 1 aromatic carbocycles. The van der Waals surface area contributed by atoms with E-state index >= 15 is 0 Å². The predicted molar refractivity (Wildman–Crippen MR) is 73.8 cm³/mol. The maximum atomic E-state index is 12.4. The summed E-state index contributed by atoms with van der Waals surface area (Å²) < 4.78 is 15.8. The summed E-state index contributed by atoms with van der Waals surface area (Å²) in [4.78, 5) is 12.4. The number of hydrogen-bond acceptors (Lipinski definition) is 5. The smallest absolute Gasteiger partial charge is 0.204 e. The molecule has 4 nitrogen and oxygen atoms in total. The van der Waals surface area contributed by atoms with Crippen LogP contribution in [0.4, 0.5) is 0 Å². The Balaban J connectivity index is 2.55. The number of carbonyl (C=O) groups is 1. The summed E-state index contributed by atoms with van der Waals surface area (Å²) in [5.74, 6) is 1.24. The van der Waals surface area contributed by atoms with Crippen molar-refractivity contribution >= 4 is 17.1 Å². The van der Waals surface area contributed by atoms with Crippen LogP contribution in [0.2, 0.25) is 0 Å². The minimum absolute atomic E-state index is 0.0981. The van der Waals surface area contributed by atoms with Gasteiger partial charge in [0.1, 0.15) is 0 Å². The van der Waals surface area contributed by atoms with Crippen molar-refractivity contribution in [2.24, 2.45) is 0 Å². The molecule has 2 aromatic rings. The van der Waals surface area contributed by atoms with Gasteiger partial charge in [-0.15, -0.1) is 0 Å². The molecule has 1 heterocycles. The van der Waals surface area contributed by atoms with Gasteiger partial charge in [-0.2, -0.15) is 11.3 Å². The Bertz CT molecular complexity index is 575. The Morgan fingerprint density at radius 3 is 2.26 bits per heavy atom. The third kappa shape index (κ3) is 2.42. The standard InChI is InChI=1S/C14H14O4S/c1-16-11-5-4-10(13(17-2)14(11)18-3)12(15)9-6-7-19-8-9/h4-8H,1-3H3. The van der Waals surface area contributed by atoms with Crippen molar-refractivity contribution in [2.45, 2.75) is 0 Å². The van der Waals surface area contributed by atoms with E-state index in [1.54, 1.807) is 23.6 Å². The molecule has 0 saturated carbocycles. The van der Waals surface area contributed by atoms with Crippen LogP contribution in [0.25, 0.3) is 0 Å². The molecule has 0 bridgehead atoms. The van der Waals surface area contributed by atoms with Gasteiger partial charge in [0.05, 0.1) is 26.9 Å². The first-order chi connectivity index (χ1) is 9.22. The van der Waals surface area contributed by atoms with E-state index in [-0.39, 0.29) is 5.78 Å². The van der Waals surface area contributed by atoms with Crippen LogP contribution in [0.15, 0.2) is 29.0 Å². The highest BCUT2D eigenvalue weighted by molar-refractivity contribution is 7.08. The molecule has 0 aliphatic heterocycles. The fourth-order valence-electron chi connectivity index (χ4n) is 1.83. The van der Waals surface area contributed by atoms with Gasteiger partial charge < -0.3 is 14.2 Å². The molecule has 0 radical (unpaired) electrons. The first-order valence-corrected chi connectivity index (χ1v) is 6.53. The topological polar surface area (TPSA) is 44.8 Å². The molecular formula is C14H14O4S. The van der Waals surface area contributed by atoms with Crippen molar-refractivity contribution in [3.8, 4) is 17.2 Å². The van der Waals surface area contributed by atoms with Gasteiger partial charge in [-0.1, -0.05) is 0 Å². The van der Waals surface area contributed by atoms with Gasteiger partial charge in [0.2, 0.25) is 5.75 Å². The molecule has 0 aliphatic rings. The second kappa shape index (κ2) is 5.75. The summed E-state index contributed by atoms with van der Waals surface area (Å²) in [5.41, 5.74) is 1.09. The summed E-state index contributed by atoms with van der Waals surface area (Å²) in [7, 11) is 4.55. The Kier molecular flexibility index (Phi) is 4.06. The minimum Gasteiger partial charge on any atom is -0.493 e. The SMILES string of the molecule is COc1ccc(C(=O)c2ccsc2)c(OC)c1OC. The zero-order valence-electron chi connectivity index (χ0n) is 10.9. The summed E-state index contributed by atoms with van der Waals surface area (Å²) in [6.45, 7) is 0. The van der Waals surface area contributed by atoms with Gasteiger partial charge in [-0.3, -0.25) is 4.79 Å². The monoisotopic (exact) mass is 278 g/mol. The van der Waals surface area contributed by atoms with Crippen molar-refractivity contribution in [1.29, 1.82) is 0 Å². The van der Waals surface area contributed by atoms with Crippen molar-refractivity contribution in [3.63, 3.8) is 0 Å². The summed E-state index contributed by atoms with van der Waals surface area (Å²) in [6, 6.07) is 5.16. The van der Waals surface area contributed by atoms with Gasteiger partial charge in [0.25, 0.3) is 0 Å². The molecule has 0 spiro atoms. The molecule has 1 aromatic heterocycles. The molecule has 0 atom stereocenters. The Hall–Kier alpha value is -2.01. The maximum Gasteiger partial charge on any atom is 0.204 e. The fraction of sp³-hybridized carbons (Fsp3) is 0.214. The molecule has 100 valence electrons. The molecular weight excluding hydrogens is 264 g/mol. The van der Waals surface area contributed by atoms with Crippen LogP contribution in [-0.2, 0) is 0 Å². The van der Waals surface area contributed by atoms with Crippen LogP contribution in [0.3, 0.4) is 0 Å². The van der Waals surface area contributed by atoms with Crippen molar-refractivity contribution in [3.05, 3.63) is 40.1 Å². The second-order valence-electron chi connectivity index (χ2n) is 3.72. The lowest BCUT2D eigenvalue weighted by molar-refractivity contribution is 0.103. The molecule has 0 amide bonds. The number of rotatable bonds is 5. The van der Waals surface area contributed by atoms with E-state index in [0.29, 0.717) is 28.4 Å². The molecule has 2 rings (SSSR count). The number of methoxy groups -OCH3 is 3. The highest BCUT2D eigenvalue weighted by atomic mass is 32.1. The second-order valence-corrected chi connectivity index (χ2v) is 4.50. The number of thiophene rings is 1. The van der Waals surface area contributed by atoms with E-state index in [0.717, 1.165) is 0 Å². The lowest BCUT2D eigenvalue weighted by atomic mass is 10.0. The maximum absolute atomic E-state index is 12.4. The van der Waals surface area contributed by atoms with Gasteiger partial charge in [0, 0.05) is 10.9 Å². The first kappa shape index (κ1) is 13.4. The minimum atomic E-state index is -0.0981. The van der Waals surface area contributed by atoms with Gasteiger partial charge in [0.15, 0.2) is 17.3 Å². The van der Waals surface area contributed by atoms with Gasteiger partial charge in [-0.25, -0.2) is 0 Å². The zero-order chi connectivity index (χ0) is 13.8. The number of ketones is 1. The van der Waals surface area contributed by atoms with E-state index in [1.807, 2.05) is 5.38 Å². The number of hydrogen-bond donors (Lipinski definition) is 0. The van der Waals surface area contributed by atoms with Crippen molar-refractivity contribution in [1.82, 2.24) is 0 Å². The van der Waals surface area contributed by atoms with E-state index in [1.165, 1.54) is 32.7 Å². The number of ether oxygens (including phenoxy) is 3. The Labute approximate surface area is 115 Å². The highest BCUT2D eigenvalue weighted by Gasteiger charge is 2.21. The fourth-order valence-corrected chi connectivity index (χ4v) is 2.47. The molecule has 19 heavy (non-hydrogen) atoms. The van der Waals surface area contributed by atoms with Crippen LogP contribution < -0.4 is 14.2 Å². The summed E-state index contributed by atoms with van der Waals surface area (Å²) in [6.07, 6.45) is 0. The van der Waals surface area contributed by atoms with E-state index < -0.39 is 0 Å². The van der Waals surface area contributed by atoms with Crippen LogP contribution in [0, 0.1) is 0 Å². The number of benzene rings is 1. The van der Waals surface area contributed by atoms with Crippen molar-refractivity contribution in [2.75, 3.05) is 21.3 Å². The third-order valence-electron chi connectivity index (χ3n) is 2.73. The third-order valence-corrected chi connectivity index (χ3v) is 3.42. The lowest BCUT2D eigenvalue weighted by Crippen LogP contribution is -2.05. The predicted octanol–water partition coefficient (Wildman–Crippen LogP) is 3.00. The van der Waals surface area contributed by atoms with Crippen LogP contribution in [-0.4, -0.2) is 27.1 Å². The quantitative estimate of drug-likeness (QED) is 0.789. The van der Waals surface area contributed by atoms with Crippen LogP contribution in [0.1, 0.15) is 15.9 Å². The molecule has 0 unspecified atom stereocenters. The molecule has 0 saturated heterocycles. The van der Waals surface area contributed by atoms with Crippen LogP contribution >= 0.6 is 11.3 Å². The van der Waals surface area contributed by atoms with Gasteiger partial charge in [-0.05, 0) is 23.6 Å². The average molecular weight is 278 g/mol. The van der Waals surface area contributed by atoms with E-state index in [4.69, 9.17) is 14.2 Å². The molecule has 0 fully saturated rings. The first-order valence-electron chi connectivity index (χ1n) is 5.58. The average Bonchev–Trinajstić information content (AvgIpc) is 2.98. The molecule has 0 aliphatic carbocycles. The summed E-state index contributed by atoms with van der Waals surface area (Å²) >= 11 is 1.48. The number of carbonyl (C=O) groups excluding carboxylic acids is 1. The summed E-state index contributed by atoms with van der Waals surface area (Å²) in [5, 5.41) is 3.67. The lowest BCUT2D eigenvalue weighted by Gasteiger charge is -2.14. The van der Waals surface area contributed by atoms with E-state index in [2.05, 4.69) is 0 Å². The van der Waals surface area contributed by atoms with Crippen molar-refractivity contribution < 1.29 is 19.0 Å². The largest absolute Gasteiger partial charge is 0.493 e. The van der Waals surface area contributed by atoms with E-state index in [9.17, 15) is 4.79 Å². The van der Waals surface area contributed by atoms with Crippen LogP contribution in [0.5, 0.6) is 17.2 Å². The highest BCUT2D eigenvalue weighted by Crippen LogP contribution is 2.40. The molecule has 5 heteroatoms.